The number of pyridine rings is 1. The number of ether oxygens (including phenoxy) is 1. The third kappa shape index (κ3) is 3.79. The van der Waals surface area contributed by atoms with E-state index in [0.29, 0.717) is 41.6 Å². The predicted octanol–water partition coefficient (Wildman–Crippen LogP) is 2.51. The van der Waals surface area contributed by atoms with Gasteiger partial charge in [0.2, 0.25) is 5.95 Å². The lowest BCUT2D eigenvalue weighted by Gasteiger charge is -2.18. The Hall–Kier alpha value is -4.51. The van der Waals surface area contributed by atoms with Crippen molar-refractivity contribution in [3.05, 3.63) is 76.9 Å². The lowest BCUT2D eigenvalue weighted by molar-refractivity contribution is 0.181. The molecular weight excluding hydrogens is 460 g/mol. The highest BCUT2D eigenvalue weighted by Crippen LogP contribution is 2.24. The van der Waals surface area contributed by atoms with E-state index < -0.39 is 6.09 Å². The van der Waals surface area contributed by atoms with E-state index in [4.69, 9.17) is 9.72 Å². The summed E-state index contributed by atoms with van der Waals surface area (Å²) >= 11 is 0. The molecule has 1 fully saturated rings. The Balaban J connectivity index is 1.44. The number of nitrogens with zero attached hydrogens (tertiary/aromatic N) is 6. The number of nitrogens with one attached hydrogen (secondary N) is 2. The van der Waals surface area contributed by atoms with Crippen LogP contribution < -0.4 is 21.1 Å². The lowest BCUT2D eigenvalue weighted by Crippen LogP contribution is -2.25. The fourth-order valence-corrected chi connectivity index (χ4v) is 4.61. The maximum Gasteiger partial charge on any atom is 0.415 e. The quantitative estimate of drug-likeness (QED) is 0.401. The van der Waals surface area contributed by atoms with Gasteiger partial charge in [-0.3, -0.25) is 9.69 Å². The zero-order chi connectivity index (χ0) is 24.6. The number of carbonyl (C=O) groups is 1. The van der Waals surface area contributed by atoms with E-state index in [-0.39, 0.29) is 12.1 Å². The minimum absolute atomic E-state index is 0.241. The molecule has 3 aromatic heterocycles. The zero-order valence-electron chi connectivity index (χ0n) is 19.5. The van der Waals surface area contributed by atoms with Crippen molar-refractivity contribution in [3.63, 3.8) is 0 Å². The number of hydrogen-bond donors (Lipinski definition) is 2. The van der Waals surface area contributed by atoms with Gasteiger partial charge >= 0.3 is 6.09 Å². The first-order valence-electron chi connectivity index (χ1n) is 11.7. The van der Waals surface area contributed by atoms with Crippen LogP contribution in [0.3, 0.4) is 0 Å². The van der Waals surface area contributed by atoms with Crippen molar-refractivity contribution in [1.29, 1.82) is 0 Å². The Morgan fingerprint density at radius 2 is 2.08 bits per heavy atom. The zero-order valence-corrected chi connectivity index (χ0v) is 19.5. The molecule has 36 heavy (non-hydrogen) atoms. The van der Waals surface area contributed by atoms with Gasteiger partial charge in [-0.2, -0.15) is 4.98 Å². The number of hydrogen-bond acceptors (Lipinski definition) is 8. The molecule has 6 rings (SSSR count). The average Bonchev–Trinajstić information content (AvgIpc) is 3.45. The summed E-state index contributed by atoms with van der Waals surface area (Å²) < 4.78 is 8.28. The second-order valence-corrected chi connectivity index (χ2v) is 8.59. The number of allylic oxidation sites excluding steroid dienone is 1. The molecule has 0 aliphatic carbocycles. The van der Waals surface area contributed by atoms with E-state index in [1.54, 1.807) is 29.1 Å². The van der Waals surface area contributed by atoms with Crippen molar-refractivity contribution < 1.29 is 9.53 Å². The molecule has 5 heterocycles. The van der Waals surface area contributed by atoms with Gasteiger partial charge < -0.3 is 15.4 Å². The van der Waals surface area contributed by atoms with Crippen LogP contribution in [0.25, 0.3) is 16.7 Å². The molecule has 1 amide bonds. The van der Waals surface area contributed by atoms with Crippen LogP contribution in [-0.2, 0) is 24.2 Å². The number of fused-ring (bicyclic) bond motifs is 2. The first-order chi connectivity index (χ1) is 17.6. The van der Waals surface area contributed by atoms with Crippen molar-refractivity contribution in [2.24, 2.45) is 0 Å². The van der Waals surface area contributed by atoms with Gasteiger partial charge in [0.25, 0.3) is 5.56 Å². The highest BCUT2D eigenvalue weighted by Gasteiger charge is 2.26. The van der Waals surface area contributed by atoms with Gasteiger partial charge in [-0.1, -0.05) is 12.1 Å². The smallest absolute Gasteiger partial charge is 0.415 e. The first kappa shape index (κ1) is 22.0. The van der Waals surface area contributed by atoms with Crippen LogP contribution in [0.2, 0.25) is 0 Å². The van der Waals surface area contributed by atoms with Gasteiger partial charge in [0.05, 0.1) is 18.8 Å². The molecule has 0 radical (unpaired) electrons. The third-order valence-electron chi connectivity index (χ3n) is 6.34. The van der Waals surface area contributed by atoms with Gasteiger partial charge in [-0.15, -0.1) is 6.58 Å². The van der Waals surface area contributed by atoms with Crippen LogP contribution >= 0.6 is 0 Å². The van der Waals surface area contributed by atoms with Gasteiger partial charge in [-0.05, 0) is 42.3 Å². The predicted molar refractivity (Wildman–Crippen MR) is 135 cm³/mol. The van der Waals surface area contributed by atoms with Crippen LogP contribution in [0.4, 0.5) is 22.2 Å². The summed E-state index contributed by atoms with van der Waals surface area (Å²) in [5.41, 5.74) is 4.26. The first-order valence-corrected chi connectivity index (χ1v) is 11.7. The molecule has 11 nitrogen and oxygen atoms in total. The molecule has 1 aromatic carbocycles. The van der Waals surface area contributed by atoms with Crippen LogP contribution in [0.5, 0.6) is 0 Å². The molecule has 0 bridgehead atoms. The number of amides is 1. The van der Waals surface area contributed by atoms with Crippen molar-refractivity contribution in [2.75, 3.05) is 29.9 Å². The van der Waals surface area contributed by atoms with Crippen molar-refractivity contribution >= 4 is 34.6 Å². The number of carbonyl (C=O) groups excluding carboxylic acids is 1. The van der Waals surface area contributed by atoms with Gasteiger partial charge in [0.1, 0.15) is 17.8 Å². The van der Waals surface area contributed by atoms with Crippen molar-refractivity contribution in [2.45, 2.75) is 19.5 Å². The second-order valence-electron chi connectivity index (χ2n) is 8.59. The topological polar surface area (TPSA) is 119 Å². The highest BCUT2D eigenvalue weighted by atomic mass is 16.6. The van der Waals surface area contributed by atoms with E-state index in [9.17, 15) is 9.59 Å². The standard InChI is InChI=1S/C25H24N8O3/c1-2-9-32-23(34)20-15-28-24(29-18-4-3-16-5-7-26-14-17(16)12-18)30-22(20)33(32)19-6-8-27-21(13-19)31-10-11-36-25(31)35/h2-4,6,8,12-13,15,26H,1,5,7,9-11,14H2,(H,28,29,30). The minimum Gasteiger partial charge on any atom is -0.447 e. The Bertz CT molecular complexity index is 1560. The fourth-order valence-electron chi connectivity index (χ4n) is 4.61. The summed E-state index contributed by atoms with van der Waals surface area (Å²) in [5, 5.41) is 7.03. The molecule has 0 saturated carbocycles. The molecule has 182 valence electrons. The number of anilines is 3. The molecule has 0 atom stereocenters. The van der Waals surface area contributed by atoms with Crippen molar-refractivity contribution in [3.8, 4) is 5.69 Å². The largest absolute Gasteiger partial charge is 0.447 e. The van der Waals surface area contributed by atoms with Crippen molar-refractivity contribution in [1.82, 2.24) is 29.6 Å². The molecule has 2 aliphatic heterocycles. The fraction of sp³-hybridized carbons (Fsp3) is 0.240. The molecule has 1 saturated heterocycles. The van der Waals surface area contributed by atoms with Crippen LogP contribution in [-0.4, -0.2) is 50.1 Å². The monoisotopic (exact) mass is 484 g/mol. The summed E-state index contributed by atoms with van der Waals surface area (Å²) in [4.78, 5) is 40.2. The summed E-state index contributed by atoms with van der Waals surface area (Å²) in [6.45, 7) is 6.57. The Labute approximate surface area is 206 Å². The lowest BCUT2D eigenvalue weighted by atomic mass is 10.0. The number of cyclic esters (lactones) is 1. The number of rotatable bonds is 6. The molecule has 2 aliphatic rings. The Morgan fingerprint density at radius 1 is 1.17 bits per heavy atom. The molecule has 2 N–H and O–H groups in total. The Morgan fingerprint density at radius 3 is 2.92 bits per heavy atom. The van der Waals surface area contributed by atoms with E-state index in [2.05, 4.69) is 39.3 Å². The minimum atomic E-state index is -0.449. The van der Waals surface area contributed by atoms with Crippen LogP contribution in [0.15, 0.2) is 60.2 Å². The summed E-state index contributed by atoms with van der Waals surface area (Å²) in [5.74, 6) is 0.803. The van der Waals surface area contributed by atoms with Gasteiger partial charge in [-0.25, -0.2) is 24.1 Å². The summed E-state index contributed by atoms with van der Waals surface area (Å²) in [7, 11) is 0. The molecule has 0 unspecified atom stereocenters. The van der Waals surface area contributed by atoms with E-state index in [1.807, 2.05) is 6.07 Å². The van der Waals surface area contributed by atoms with Crippen LogP contribution in [0.1, 0.15) is 11.1 Å². The molecule has 11 heteroatoms. The maximum absolute atomic E-state index is 13.2. The average molecular weight is 485 g/mol. The number of benzene rings is 1. The summed E-state index contributed by atoms with van der Waals surface area (Å²) in [6, 6.07) is 9.72. The van der Waals surface area contributed by atoms with Gasteiger partial charge in [0, 0.05) is 30.7 Å². The summed E-state index contributed by atoms with van der Waals surface area (Å²) in [6.07, 6.45) is 5.32. The third-order valence-corrected chi connectivity index (χ3v) is 6.34. The van der Waals surface area contributed by atoms with E-state index in [0.717, 1.165) is 25.2 Å². The maximum atomic E-state index is 13.2. The van der Waals surface area contributed by atoms with Gasteiger partial charge in [0.15, 0.2) is 5.65 Å². The number of aromatic nitrogens is 5. The van der Waals surface area contributed by atoms with Crippen LogP contribution in [0, 0.1) is 0 Å². The SMILES string of the molecule is C=CCn1c(=O)c2cnc(Nc3ccc4c(c3)CNCC4)nc2n1-c1ccnc(N2CCOC2=O)c1. The highest BCUT2D eigenvalue weighted by molar-refractivity contribution is 5.88. The molecule has 0 spiro atoms. The second kappa shape index (κ2) is 8.93. The molecular formula is C25H24N8O3. The van der Waals surface area contributed by atoms with E-state index >= 15 is 0 Å². The Kier molecular flexibility index (Phi) is 5.45. The normalized spacial score (nSPS) is 15.1. The van der Waals surface area contributed by atoms with E-state index in [1.165, 1.54) is 26.9 Å². The molecule has 4 aromatic rings.